The SMILES string of the molecule is Cc1ccc(/C(=N/N(C=O)Cc2ccc(Cl)cc2)c2cc(F)ccc2C)c(F)n1. The highest BCUT2D eigenvalue weighted by atomic mass is 35.5. The number of aromatic nitrogens is 1. The third-order valence-electron chi connectivity index (χ3n) is 4.31. The van der Waals surface area contributed by atoms with Gasteiger partial charge in [0.25, 0.3) is 0 Å². The molecule has 0 aliphatic heterocycles. The molecular formula is C22H18ClF2N3O. The lowest BCUT2D eigenvalue weighted by molar-refractivity contribution is -0.118. The maximum Gasteiger partial charge on any atom is 0.230 e. The van der Waals surface area contributed by atoms with Crippen molar-refractivity contribution in [1.82, 2.24) is 9.99 Å². The van der Waals surface area contributed by atoms with Crippen molar-refractivity contribution in [3.05, 3.63) is 99.3 Å². The number of hydrogen-bond acceptors (Lipinski definition) is 3. The molecule has 29 heavy (non-hydrogen) atoms. The van der Waals surface area contributed by atoms with Crippen molar-refractivity contribution in [2.24, 2.45) is 5.10 Å². The molecule has 1 amide bonds. The van der Waals surface area contributed by atoms with E-state index in [9.17, 15) is 13.6 Å². The second kappa shape index (κ2) is 8.92. The monoisotopic (exact) mass is 413 g/mol. The minimum Gasteiger partial charge on any atom is -0.277 e. The van der Waals surface area contributed by atoms with Crippen molar-refractivity contribution < 1.29 is 13.6 Å². The van der Waals surface area contributed by atoms with Crippen LogP contribution in [0.1, 0.15) is 27.9 Å². The van der Waals surface area contributed by atoms with E-state index in [1.54, 1.807) is 50.2 Å². The fraction of sp³-hybridized carbons (Fsp3) is 0.136. The van der Waals surface area contributed by atoms with Crippen LogP contribution in [0, 0.1) is 25.6 Å². The van der Waals surface area contributed by atoms with Crippen molar-refractivity contribution in [2.45, 2.75) is 20.4 Å². The summed E-state index contributed by atoms with van der Waals surface area (Å²) in [4.78, 5) is 15.5. The molecule has 0 bridgehead atoms. The zero-order valence-corrected chi connectivity index (χ0v) is 16.6. The maximum atomic E-state index is 14.6. The summed E-state index contributed by atoms with van der Waals surface area (Å²) in [5.74, 6) is -1.24. The van der Waals surface area contributed by atoms with Gasteiger partial charge in [-0.3, -0.25) is 4.79 Å². The molecule has 4 nitrogen and oxygen atoms in total. The molecule has 1 aromatic heterocycles. The van der Waals surface area contributed by atoms with Crippen LogP contribution in [0.3, 0.4) is 0 Å². The van der Waals surface area contributed by atoms with Gasteiger partial charge in [-0.05, 0) is 61.4 Å². The Kier molecular flexibility index (Phi) is 6.34. The van der Waals surface area contributed by atoms with E-state index in [0.717, 1.165) is 10.6 Å². The van der Waals surface area contributed by atoms with Crippen molar-refractivity contribution in [3.8, 4) is 0 Å². The highest BCUT2D eigenvalue weighted by Gasteiger charge is 2.18. The number of amides is 1. The number of halogens is 3. The number of hydrazone groups is 1. The van der Waals surface area contributed by atoms with Crippen molar-refractivity contribution in [3.63, 3.8) is 0 Å². The van der Waals surface area contributed by atoms with Gasteiger partial charge in [-0.25, -0.2) is 14.4 Å². The molecule has 0 unspecified atom stereocenters. The summed E-state index contributed by atoms with van der Waals surface area (Å²) < 4.78 is 28.6. The Morgan fingerprint density at radius 2 is 1.79 bits per heavy atom. The van der Waals surface area contributed by atoms with Crippen molar-refractivity contribution in [1.29, 1.82) is 0 Å². The Hall–Kier alpha value is -3.12. The van der Waals surface area contributed by atoms with E-state index in [1.807, 2.05) is 0 Å². The molecular weight excluding hydrogens is 396 g/mol. The molecule has 0 N–H and O–H groups in total. The third-order valence-corrected chi connectivity index (χ3v) is 4.56. The molecule has 0 aliphatic rings. The number of hydrogen-bond donors (Lipinski definition) is 0. The van der Waals surface area contributed by atoms with E-state index in [0.29, 0.717) is 28.3 Å². The first-order valence-electron chi connectivity index (χ1n) is 8.82. The van der Waals surface area contributed by atoms with E-state index in [2.05, 4.69) is 10.1 Å². The molecule has 0 spiro atoms. The molecule has 0 radical (unpaired) electrons. The highest BCUT2D eigenvalue weighted by molar-refractivity contribution is 6.30. The number of carbonyl (C=O) groups is 1. The molecule has 2 aromatic carbocycles. The number of aryl methyl sites for hydroxylation is 2. The molecule has 3 aromatic rings. The summed E-state index contributed by atoms with van der Waals surface area (Å²) in [5, 5.41) is 6.04. The molecule has 0 saturated heterocycles. The number of pyridine rings is 1. The van der Waals surface area contributed by atoms with E-state index in [4.69, 9.17) is 11.6 Å². The molecule has 148 valence electrons. The Bertz CT molecular complexity index is 1070. The van der Waals surface area contributed by atoms with Gasteiger partial charge in [0.15, 0.2) is 0 Å². The van der Waals surface area contributed by atoms with E-state index >= 15 is 0 Å². The van der Waals surface area contributed by atoms with E-state index < -0.39 is 11.8 Å². The molecule has 0 atom stereocenters. The normalized spacial score (nSPS) is 11.4. The van der Waals surface area contributed by atoms with Crippen LogP contribution in [0.2, 0.25) is 5.02 Å². The lowest BCUT2D eigenvalue weighted by Gasteiger charge is -2.17. The molecule has 7 heteroatoms. The third kappa shape index (κ3) is 5.03. The Morgan fingerprint density at radius 3 is 2.45 bits per heavy atom. The smallest absolute Gasteiger partial charge is 0.230 e. The lowest BCUT2D eigenvalue weighted by atomic mass is 9.98. The van der Waals surface area contributed by atoms with Gasteiger partial charge >= 0.3 is 0 Å². The first kappa shape index (κ1) is 20.6. The quantitative estimate of drug-likeness (QED) is 0.246. The summed E-state index contributed by atoms with van der Waals surface area (Å²) in [6.45, 7) is 3.56. The second-order valence-corrected chi connectivity index (χ2v) is 6.96. The standard InChI is InChI=1S/C22H18ClF2N3O/c1-14-3-9-18(24)11-20(14)21(19-10-4-15(2)26-22(19)25)27-28(13-29)12-16-5-7-17(23)8-6-16/h3-11,13H,12H2,1-2H3/b27-21-. The first-order chi connectivity index (χ1) is 13.9. The van der Waals surface area contributed by atoms with E-state index in [1.165, 1.54) is 18.2 Å². The highest BCUT2D eigenvalue weighted by Crippen LogP contribution is 2.20. The Labute approximate surface area is 172 Å². The number of benzene rings is 2. The fourth-order valence-electron chi connectivity index (χ4n) is 2.81. The maximum absolute atomic E-state index is 14.6. The summed E-state index contributed by atoms with van der Waals surface area (Å²) in [6.07, 6.45) is 0.531. The van der Waals surface area contributed by atoms with Crippen LogP contribution in [0.15, 0.2) is 59.7 Å². The van der Waals surface area contributed by atoms with E-state index in [-0.39, 0.29) is 17.8 Å². The molecule has 0 fully saturated rings. The van der Waals surface area contributed by atoms with Gasteiger partial charge in [-0.15, -0.1) is 0 Å². The van der Waals surface area contributed by atoms with Crippen LogP contribution in [0.5, 0.6) is 0 Å². The predicted molar refractivity (Wildman–Crippen MR) is 109 cm³/mol. The van der Waals surface area contributed by atoms with Crippen LogP contribution in [0.4, 0.5) is 8.78 Å². The van der Waals surface area contributed by atoms with Gasteiger partial charge in [0, 0.05) is 16.3 Å². The molecule has 0 aliphatic carbocycles. The molecule has 0 saturated carbocycles. The lowest BCUT2D eigenvalue weighted by Crippen LogP contribution is -2.20. The minimum atomic E-state index is -0.746. The summed E-state index contributed by atoms with van der Waals surface area (Å²) in [7, 11) is 0. The van der Waals surface area contributed by atoms with Gasteiger partial charge in [0.2, 0.25) is 12.4 Å². The second-order valence-electron chi connectivity index (χ2n) is 6.53. The average Bonchev–Trinajstić information content (AvgIpc) is 2.69. The Morgan fingerprint density at radius 1 is 1.07 bits per heavy atom. The minimum absolute atomic E-state index is 0.0762. The number of rotatable bonds is 6. The summed E-state index contributed by atoms with van der Waals surface area (Å²) >= 11 is 5.89. The molecule has 3 rings (SSSR count). The Balaban J connectivity index is 2.11. The van der Waals surface area contributed by atoms with Crippen molar-refractivity contribution in [2.75, 3.05) is 0 Å². The van der Waals surface area contributed by atoms with Gasteiger partial charge in [0.05, 0.1) is 12.1 Å². The van der Waals surface area contributed by atoms with Crippen LogP contribution < -0.4 is 0 Å². The van der Waals surface area contributed by atoms with Crippen LogP contribution in [-0.2, 0) is 11.3 Å². The zero-order chi connectivity index (χ0) is 21.0. The van der Waals surface area contributed by atoms with Crippen molar-refractivity contribution >= 4 is 23.7 Å². The van der Waals surface area contributed by atoms with Crippen LogP contribution in [0.25, 0.3) is 0 Å². The predicted octanol–water partition coefficient (Wildman–Crippen LogP) is 5.04. The number of nitrogens with zero attached hydrogens (tertiary/aromatic N) is 3. The fourth-order valence-corrected chi connectivity index (χ4v) is 2.93. The largest absolute Gasteiger partial charge is 0.277 e. The first-order valence-corrected chi connectivity index (χ1v) is 9.20. The van der Waals surface area contributed by atoms with Gasteiger partial charge in [-0.2, -0.15) is 9.49 Å². The van der Waals surface area contributed by atoms with Gasteiger partial charge < -0.3 is 0 Å². The molecule has 1 heterocycles. The van der Waals surface area contributed by atoms with Gasteiger partial charge in [0.1, 0.15) is 11.5 Å². The topological polar surface area (TPSA) is 45.6 Å². The summed E-state index contributed by atoms with van der Waals surface area (Å²) in [6, 6.07) is 14.2. The van der Waals surface area contributed by atoms with Gasteiger partial charge in [-0.1, -0.05) is 29.8 Å². The number of carbonyl (C=O) groups excluding carboxylic acids is 1. The average molecular weight is 414 g/mol. The zero-order valence-electron chi connectivity index (χ0n) is 15.9. The van der Waals surface area contributed by atoms with Crippen LogP contribution in [-0.4, -0.2) is 22.1 Å². The summed E-state index contributed by atoms with van der Waals surface area (Å²) in [5.41, 5.74) is 2.53. The van der Waals surface area contributed by atoms with Crippen LogP contribution >= 0.6 is 11.6 Å².